The maximum Gasteiger partial charge on any atom is 0.335 e. The van der Waals surface area contributed by atoms with Gasteiger partial charge in [0.25, 0.3) is 0 Å². The van der Waals surface area contributed by atoms with Gasteiger partial charge in [-0.25, -0.2) is 9.59 Å². The number of unbranched alkanes of at least 4 members (excludes halogenated alkanes) is 2. The smallest absolute Gasteiger partial charge is 0.335 e. The van der Waals surface area contributed by atoms with Crippen molar-refractivity contribution in [3.8, 4) is 5.75 Å². The average molecular weight is 527 g/mol. The largest absolute Gasteiger partial charge is 0.466 e. The molecule has 0 aliphatic heterocycles. The lowest BCUT2D eigenvalue weighted by Gasteiger charge is -2.18. The van der Waals surface area contributed by atoms with Crippen molar-refractivity contribution in [3.05, 3.63) is 90.1 Å². The third kappa shape index (κ3) is 10.8. The summed E-state index contributed by atoms with van der Waals surface area (Å²) in [5.41, 5.74) is 2.01. The highest BCUT2D eigenvalue weighted by atomic mass is 16.5. The highest BCUT2D eigenvalue weighted by Gasteiger charge is 2.19. The van der Waals surface area contributed by atoms with Crippen molar-refractivity contribution in [2.75, 3.05) is 26.4 Å². The molecule has 1 aliphatic rings. The second-order valence-electron chi connectivity index (χ2n) is 8.91. The molecule has 0 amide bonds. The molecule has 8 nitrogen and oxygen atoms in total. The lowest BCUT2D eigenvalue weighted by atomic mass is 9.98. The monoisotopic (exact) mass is 526 g/mol. The van der Waals surface area contributed by atoms with Crippen molar-refractivity contribution in [1.82, 2.24) is 0 Å². The molecule has 0 unspecified atom stereocenters. The minimum atomic E-state index is -0.745. The van der Waals surface area contributed by atoms with Crippen LogP contribution in [0.2, 0.25) is 0 Å². The second kappa shape index (κ2) is 17.0. The van der Waals surface area contributed by atoms with E-state index in [-0.39, 0.29) is 24.4 Å². The Bertz CT molecular complexity index is 1000. The predicted molar refractivity (Wildman–Crippen MR) is 144 cm³/mol. The molecule has 0 aromatic heterocycles. The van der Waals surface area contributed by atoms with E-state index < -0.39 is 31.1 Å². The molecule has 0 fully saturated rings. The van der Waals surface area contributed by atoms with Crippen LogP contribution in [0.1, 0.15) is 56.9 Å². The van der Waals surface area contributed by atoms with Gasteiger partial charge in [-0.05, 0) is 43.0 Å². The lowest BCUT2D eigenvalue weighted by Crippen LogP contribution is -2.21. The number of aliphatic hydroxyl groups is 2. The van der Waals surface area contributed by atoms with Gasteiger partial charge in [0.1, 0.15) is 37.2 Å². The first-order valence-electron chi connectivity index (χ1n) is 12.8. The Kier molecular flexibility index (Phi) is 13.7. The topological polar surface area (TPSA) is 112 Å². The van der Waals surface area contributed by atoms with Crippen LogP contribution < -0.4 is 4.74 Å². The Morgan fingerprint density at radius 3 is 2.03 bits per heavy atom. The number of benzene rings is 1. The Morgan fingerprint density at radius 2 is 1.50 bits per heavy atom. The number of carbonyl (C=O) groups excluding carboxylic acids is 2. The number of ether oxygens (including phenoxy) is 4. The SMILES string of the molecule is C=C(CO)C(=O)OCC(COC(=O)C(=C)CO)c1ccc(O/C=C\OC2=CC=C(CCCCC)CC2)cc1. The Balaban J connectivity index is 1.92. The van der Waals surface area contributed by atoms with Crippen molar-refractivity contribution < 1.29 is 38.7 Å². The Hall–Kier alpha value is -3.62. The van der Waals surface area contributed by atoms with Gasteiger partial charge in [0.2, 0.25) is 0 Å². The fourth-order valence-electron chi connectivity index (χ4n) is 3.54. The molecule has 0 atom stereocenters. The molecular formula is C30H38O8. The highest BCUT2D eigenvalue weighted by Crippen LogP contribution is 2.24. The normalized spacial score (nSPS) is 13.1. The third-order valence-electron chi connectivity index (χ3n) is 5.92. The summed E-state index contributed by atoms with van der Waals surface area (Å²) in [6.45, 7) is 7.80. The van der Waals surface area contributed by atoms with Crippen LogP contribution in [0.15, 0.2) is 84.6 Å². The van der Waals surface area contributed by atoms with Gasteiger partial charge in [-0.1, -0.05) is 56.7 Å². The lowest BCUT2D eigenvalue weighted by molar-refractivity contribution is -0.142. The first-order chi connectivity index (χ1) is 18.4. The molecule has 8 heteroatoms. The van der Waals surface area contributed by atoms with E-state index >= 15 is 0 Å². The number of aliphatic hydroxyl groups excluding tert-OH is 2. The van der Waals surface area contributed by atoms with Gasteiger partial charge in [0, 0.05) is 6.42 Å². The summed E-state index contributed by atoms with van der Waals surface area (Å²) in [5.74, 6) is -0.555. The fourth-order valence-corrected chi connectivity index (χ4v) is 3.54. The van der Waals surface area contributed by atoms with E-state index in [4.69, 9.17) is 29.2 Å². The summed E-state index contributed by atoms with van der Waals surface area (Å²) in [6, 6.07) is 6.96. The molecule has 2 rings (SSSR count). The van der Waals surface area contributed by atoms with E-state index in [2.05, 4.69) is 26.2 Å². The number of esters is 2. The van der Waals surface area contributed by atoms with Crippen LogP contribution in [0, 0.1) is 0 Å². The van der Waals surface area contributed by atoms with Crippen LogP contribution in [0.4, 0.5) is 0 Å². The first kappa shape index (κ1) is 30.6. The van der Waals surface area contributed by atoms with Crippen LogP contribution in [0.3, 0.4) is 0 Å². The van der Waals surface area contributed by atoms with Crippen molar-refractivity contribution in [2.24, 2.45) is 0 Å². The zero-order chi connectivity index (χ0) is 27.8. The maximum absolute atomic E-state index is 11.9. The summed E-state index contributed by atoms with van der Waals surface area (Å²) >= 11 is 0. The van der Waals surface area contributed by atoms with Crippen molar-refractivity contribution in [1.29, 1.82) is 0 Å². The van der Waals surface area contributed by atoms with Crippen molar-refractivity contribution in [3.63, 3.8) is 0 Å². The van der Waals surface area contributed by atoms with Crippen LogP contribution in [0.5, 0.6) is 5.75 Å². The summed E-state index contributed by atoms with van der Waals surface area (Å²) < 4.78 is 21.7. The standard InChI is InChI=1S/C30H38O8/c1-4-5-6-7-24-8-12-27(13-9-24)35-16-17-36-28-14-10-25(11-15-28)26(20-37-29(33)22(2)18-31)21-38-30(34)23(3)19-32/h8,10-12,14-17,26,31-32H,2-7,9,13,18-21H2,1H3/b17-16-. The molecule has 0 bridgehead atoms. The summed E-state index contributed by atoms with van der Waals surface area (Å²) in [6.07, 6.45) is 13.8. The molecule has 1 aromatic rings. The molecule has 0 spiro atoms. The number of rotatable bonds is 17. The van der Waals surface area contributed by atoms with E-state index in [1.807, 2.05) is 6.08 Å². The van der Waals surface area contributed by atoms with E-state index in [1.54, 1.807) is 24.3 Å². The predicted octanol–water partition coefficient (Wildman–Crippen LogP) is 5.00. The Morgan fingerprint density at radius 1 is 0.895 bits per heavy atom. The van der Waals surface area contributed by atoms with E-state index in [0.717, 1.165) is 30.6 Å². The molecule has 0 saturated heterocycles. The van der Waals surface area contributed by atoms with E-state index in [1.165, 1.54) is 37.4 Å². The zero-order valence-corrected chi connectivity index (χ0v) is 22.0. The molecule has 206 valence electrons. The third-order valence-corrected chi connectivity index (χ3v) is 5.92. The van der Waals surface area contributed by atoms with Gasteiger partial charge in [0.15, 0.2) is 0 Å². The van der Waals surface area contributed by atoms with Crippen LogP contribution in [-0.2, 0) is 23.8 Å². The van der Waals surface area contributed by atoms with Crippen LogP contribution in [0.25, 0.3) is 0 Å². The molecule has 2 N–H and O–H groups in total. The summed E-state index contributed by atoms with van der Waals surface area (Å²) in [4.78, 5) is 23.8. The number of carbonyl (C=O) groups is 2. The highest BCUT2D eigenvalue weighted by molar-refractivity contribution is 5.88. The molecule has 0 saturated carbocycles. The molecular weight excluding hydrogens is 488 g/mol. The molecule has 38 heavy (non-hydrogen) atoms. The van der Waals surface area contributed by atoms with E-state index in [9.17, 15) is 9.59 Å². The van der Waals surface area contributed by atoms with Crippen LogP contribution >= 0.6 is 0 Å². The van der Waals surface area contributed by atoms with Crippen LogP contribution in [-0.4, -0.2) is 48.6 Å². The minimum Gasteiger partial charge on any atom is -0.466 e. The minimum absolute atomic E-state index is 0.0837. The van der Waals surface area contributed by atoms with Gasteiger partial charge in [-0.15, -0.1) is 0 Å². The number of allylic oxidation sites excluding steroid dienone is 4. The summed E-state index contributed by atoms with van der Waals surface area (Å²) in [5, 5.41) is 18.1. The quantitative estimate of drug-likeness (QED) is 0.126. The maximum atomic E-state index is 11.9. The molecule has 1 aliphatic carbocycles. The zero-order valence-electron chi connectivity index (χ0n) is 22.0. The Labute approximate surface area is 224 Å². The van der Waals surface area contributed by atoms with Gasteiger partial charge < -0.3 is 29.2 Å². The summed E-state index contributed by atoms with van der Waals surface area (Å²) in [7, 11) is 0. The van der Waals surface area contributed by atoms with Gasteiger partial charge in [0.05, 0.1) is 30.3 Å². The molecule has 0 radical (unpaired) electrons. The average Bonchev–Trinajstić information content (AvgIpc) is 2.95. The molecule has 1 aromatic carbocycles. The molecule has 0 heterocycles. The second-order valence-corrected chi connectivity index (χ2v) is 8.91. The fraction of sp³-hybridized carbons (Fsp3) is 0.400. The first-order valence-corrected chi connectivity index (χ1v) is 12.8. The van der Waals surface area contributed by atoms with Gasteiger partial charge in [-0.2, -0.15) is 0 Å². The van der Waals surface area contributed by atoms with Crippen molar-refractivity contribution in [2.45, 2.75) is 51.4 Å². The van der Waals surface area contributed by atoms with E-state index in [0.29, 0.717) is 5.75 Å². The number of hydrogen-bond acceptors (Lipinski definition) is 8. The van der Waals surface area contributed by atoms with Gasteiger partial charge in [-0.3, -0.25) is 0 Å². The van der Waals surface area contributed by atoms with Gasteiger partial charge >= 0.3 is 11.9 Å². The number of hydrogen-bond donors (Lipinski definition) is 2. The van der Waals surface area contributed by atoms with Crippen molar-refractivity contribution >= 4 is 11.9 Å².